The van der Waals surface area contributed by atoms with Crippen molar-refractivity contribution >= 4 is 41.3 Å². The summed E-state index contributed by atoms with van der Waals surface area (Å²) in [5.41, 5.74) is 8.10. The van der Waals surface area contributed by atoms with E-state index in [9.17, 15) is 4.79 Å². The first-order chi connectivity index (χ1) is 12.1. The molecule has 0 saturated carbocycles. The number of ether oxygens (including phenoxy) is 2. The summed E-state index contributed by atoms with van der Waals surface area (Å²) in [4.78, 5) is 12.3. The molecule has 0 unspecified atom stereocenters. The Balaban J connectivity index is 0.00000338. The molecule has 7 heteroatoms. The lowest BCUT2D eigenvalue weighted by molar-refractivity contribution is -0.116. The summed E-state index contributed by atoms with van der Waals surface area (Å²) in [6.45, 7) is 3.45. The fraction of sp³-hybridized carbons (Fsp3) is 0.316. The number of nitrogens with one attached hydrogen (secondary N) is 1. The van der Waals surface area contributed by atoms with Gasteiger partial charge >= 0.3 is 0 Å². The van der Waals surface area contributed by atoms with Crippen molar-refractivity contribution in [2.75, 3.05) is 30.9 Å². The molecular weight excluding hydrogens is 375 g/mol. The quantitative estimate of drug-likeness (QED) is 0.486. The molecular formula is C19H24Cl2N2O3. The maximum absolute atomic E-state index is 12.3. The molecule has 0 aliphatic rings. The zero-order valence-electron chi connectivity index (χ0n) is 14.7. The van der Waals surface area contributed by atoms with Gasteiger partial charge in [-0.25, -0.2) is 0 Å². The van der Waals surface area contributed by atoms with E-state index in [-0.39, 0.29) is 18.3 Å². The second-order valence-corrected chi connectivity index (χ2v) is 5.87. The molecule has 0 aliphatic carbocycles. The topological polar surface area (TPSA) is 73.6 Å². The van der Waals surface area contributed by atoms with Gasteiger partial charge in [-0.05, 0) is 43.2 Å². The molecule has 5 nitrogen and oxygen atoms in total. The molecule has 1 amide bonds. The zero-order chi connectivity index (χ0) is 18.1. The fourth-order valence-electron chi connectivity index (χ4n) is 2.30. The Morgan fingerprint density at radius 1 is 1.19 bits per heavy atom. The number of nitrogen functional groups attached to an aromatic ring is 1. The van der Waals surface area contributed by atoms with Gasteiger partial charge in [-0.3, -0.25) is 4.79 Å². The summed E-state index contributed by atoms with van der Waals surface area (Å²) in [5.74, 6) is 0.442. The minimum absolute atomic E-state index is 0. The molecule has 2 aromatic carbocycles. The van der Waals surface area contributed by atoms with Crippen molar-refractivity contribution in [1.29, 1.82) is 0 Å². The summed E-state index contributed by atoms with van der Waals surface area (Å²) in [5, 5.41) is 3.38. The summed E-state index contributed by atoms with van der Waals surface area (Å²) in [6.07, 6.45) is 0.888. The Morgan fingerprint density at radius 2 is 1.96 bits per heavy atom. The van der Waals surface area contributed by atoms with Gasteiger partial charge in [0.15, 0.2) is 0 Å². The van der Waals surface area contributed by atoms with E-state index in [1.807, 2.05) is 31.2 Å². The average Bonchev–Trinajstić information content (AvgIpc) is 2.59. The van der Waals surface area contributed by atoms with Crippen molar-refractivity contribution in [3.05, 3.63) is 53.1 Å². The van der Waals surface area contributed by atoms with E-state index in [2.05, 4.69) is 5.32 Å². The third-order valence-corrected chi connectivity index (χ3v) is 3.82. The Morgan fingerprint density at radius 3 is 2.69 bits per heavy atom. The molecule has 26 heavy (non-hydrogen) atoms. The van der Waals surface area contributed by atoms with E-state index >= 15 is 0 Å². The van der Waals surface area contributed by atoms with E-state index in [0.29, 0.717) is 54.8 Å². The molecule has 0 atom stereocenters. The Kier molecular flexibility index (Phi) is 9.88. The molecule has 0 fully saturated rings. The highest BCUT2D eigenvalue weighted by Gasteiger charge is 2.10. The number of benzene rings is 2. The fourth-order valence-corrected chi connectivity index (χ4v) is 2.48. The first kappa shape index (κ1) is 22.1. The molecule has 2 rings (SSSR count). The molecule has 0 radical (unpaired) electrons. The molecule has 0 bridgehead atoms. The lowest BCUT2D eigenvalue weighted by Gasteiger charge is -2.13. The van der Waals surface area contributed by atoms with Crippen LogP contribution >= 0.6 is 24.0 Å². The summed E-state index contributed by atoms with van der Waals surface area (Å²) in [7, 11) is 0. The molecule has 3 N–H and O–H groups in total. The van der Waals surface area contributed by atoms with Gasteiger partial charge in [-0.2, -0.15) is 0 Å². The van der Waals surface area contributed by atoms with E-state index in [1.54, 1.807) is 18.2 Å². The van der Waals surface area contributed by atoms with Crippen LogP contribution in [0.5, 0.6) is 5.75 Å². The number of hydrogen-bond acceptors (Lipinski definition) is 4. The van der Waals surface area contributed by atoms with Crippen molar-refractivity contribution in [2.45, 2.75) is 19.8 Å². The molecule has 0 aromatic heterocycles. The van der Waals surface area contributed by atoms with Crippen LogP contribution < -0.4 is 15.8 Å². The summed E-state index contributed by atoms with van der Waals surface area (Å²) < 4.78 is 10.9. The van der Waals surface area contributed by atoms with Gasteiger partial charge in [0, 0.05) is 23.7 Å². The van der Waals surface area contributed by atoms with Crippen molar-refractivity contribution in [3.63, 3.8) is 0 Å². The van der Waals surface area contributed by atoms with Gasteiger partial charge in [0.05, 0.1) is 12.3 Å². The normalized spacial score (nSPS) is 10.1. The Bertz CT molecular complexity index is 711. The standard InChI is InChI=1S/C19H23ClN2O3.ClH/c1-2-24-11-12-25-18-9-8-15(20)13-17(18)22-19(23)10-7-14-5-3-4-6-16(14)21;/h3-6,8-9,13H,2,7,10-12,21H2,1H3,(H,22,23);1H. The smallest absolute Gasteiger partial charge is 0.224 e. The van der Waals surface area contributed by atoms with Crippen LogP contribution in [0.15, 0.2) is 42.5 Å². The number of nitrogens with two attached hydrogens (primary N) is 1. The molecule has 0 saturated heterocycles. The first-order valence-corrected chi connectivity index (χ1v) is 8.61. The molecule has 0 heterocycles. The number of aryl methyl sites for hydroxylation is 1. The number of para-hydroxylation sites is 1. The lowest BCUT2D eigenvalue weighted by Crippen LogP contribution is -2.14. The minimum atomic E-state index is -0.125. The van der Waals surface area contributed by atoms with Crippen LogP contribution in [0.4, 0.5) is 11.4 Å². The third-order valence-electron chi connectivity index (χ3n) is 3.58. The second-order valence-electron chi connectivity index (χ2n) is 5.43. The molecule has 142 valence electrons. The number of rotatable bonds is 9. The van der Waals surface area contributed by atoms with Gasteiger partial charge in [-0.1, -0.05) is 29.8 Å². The number of anilines is 2. The minimum Gasteiger partial charge on any atom is -0.489 e. The summed E-state index contributed by atoms with van der Waals surface area (Å²) in [6, 6.07) is 12.7. The highest BCUT2D eigenvalue weighted by atomic mass is 35.5. The second kappa shape index (κ2) is 11.6. The van der Waals surface area contributed by atoms with E-state index in [4.69, 9.17) is 26.8 Å². The highest BCUT2D eigenvalue weighted by molar-refractivity contribution is 6.31. The third kappa shape index (κ3) is 7.12. The van der Waals surface area contributed by atoms with Crippen LogP contribution in [0.25, 0.3) is 0 Å². The maximum Gasteiger partial charge on any atom is 0.224 e. The van der Waals surface area contributed by atoms with Gasteiger partial charge in [0.2, 0.25) is 5.91 Å². The summed E-state index contributed by atoms with van der Waals surface area (Å²) >= 11 is 6.03. The van der Waals surface area contributed by atoms with Crippen molar-refractivity contribution in [3.8, 4) is 5.75 Å². The predicted molar refractivity (Wildman–Crippen MR) is 108 cm³/mol. The molecule has 0 spiro atoms. The number of carbonyl (C=O) groups is 1. The number of hydrogen-bond donors (Lipinski definition) is 2. The van der Waals surface area contributed by atoms with Crippen LogP contribution in [0.3, 0.4) is 0 Å². The van der Waals surface area contributed by atoms with E-state index in [0.717, 1.165) is 5.56 Å². The van der Waals surface area contributed by atoms with E-state index in [1.165, 1.54) is 0 Å². The van der Waals surface area contributed by atoms with Crippen LogP contribution in [0.2, 0.25) is 5.02 Å². The highest BCUT2D eigenvalue weighted by Crippen LogP contribution is 2.28. The monoisotopic (exact) mass is 398 g/mol. The van der Waals surface area contributed by atoms with Gasteiger partial charge in [0.25, 0.3) is 0 Å². The number of halogens is 2. The van der Waals surface area contributed by atoms with Gasteiger partial charge in [0.1, 0.15) is 12.4 Å². The SMILES string of the molecule is CCOCCOc1ccc(Cl)cc1NC(=O)CCc1ccccc1N.Cl. The predicted octanol–water partition coefficient (Wildman–Crippen LogP) is 4.33. The van der Waals surface area contributed by atoms with Crippen LogP contribution in [0.1, 0.15) is 18.9 Å². The molecule has 2 aromatic rings. The van der Waals surface area contributed by atoms with Crippen LogP contribution in [-0.2, 0) is 16.0 Å². The van der Waals surface area contributed by atoms with Crippen molar-refractivity contribution < 1.29 is 14.3 Å². The zero-order valence-corrected chi connectivity index (χ0v) is 16.2. The maximum atomic E-state index is 12.3. The lowest BCUT2D eigenvalue weighted by atomic mass is 10.1. The van der Waals surface area contributed by atoms with Gasteiger partial charge in [-0.15, -0.1) is 12.4 Å². The molecule has 0 aliphatic heterocycles. The Hall–Kier alpha value is -1.95. The Labute approximate surface area is 165 Å². The van der Waals surface area contributed by atoms with Crippen LogP contribution in [-0.4, -0.2) is 25.7 Å². The first-order valence-electron chi connectivity index (χ1n) is 8.23. The average molecular weight is 399 g/mol. The number of amides is 1. The van der Waals surface area contributed by atoms with E-state index < -0.39 is 0 Å². The van der Waals surface area contributed by atoms with Gasteiger partial charge < -0.3 is 20.5 Å². The largest absolute Gasteiger partial charge is 0.489 e. The van der Waals surface area contributed by atoms with Crippen LogP contribution in [0, 0.1) is 0 Å². The number of carbonyl (C=O) groups excluding carboxylic acids is 1. The van der Waals surface area contributed by atoms with Crippen molar-refractivity contribution in [1.82, 2.24) is 0 Å². The van der Waals surface area contributed by atoms with Crippen molar-refractivity contribution in [2.24, 2.45) is 0 Å².